The molecule has 0 saturated heterocycles. The lowest BCUT2D eigenvalue weighted by Gasteiger charge is -2.22. The Morgan fingerprint density at radius 3 is 2.46 bits per heavy atom. The second-order valence-electron chi connectivity index (χ2n) is 6.38. The van der Waals surface area contributed by atoms with Crippen molar-refractivity contribution < 1.29 is 29.6 Å². The molecule has 1 aromatic carbocycles. The molecule has 1 aromatic rings. The summed E-state index contributed by atoms with van der Waals surface area (Å²) in [5.74, 6) is -1.25. The lowest BCUT2D eigenvalue weighted by molar-refractivity contribution is 0.0115. The van der Waals surface area contributed by atoms with Gasteiger partial charge < -0.3 is 31.1 Å². The minimum atomic E-state index is -1.42. The molecule has 2 atom stereocenters. The number of hydrogen-bond acceptors (Lipinski definition) is 6. The lowest BCUT2D eigenvalue weighted by atomic mass is 9.96. The zero-order valence-corrected chi connectivity index (χ0v) is 13.9. The Morgan fingerprint density at radius 1 is 1.29 bits per heavy atom. The number of carboxylic acid groups (broad SMARTS) is 1. The molecule has 2 unspecified atom stereocenters. The van der Waals surface area contributed by atoms with Gasteiger partial charge in [-0.2, -0.15) is 0 Å². The summed E-state index contributed by atoms with van der Waals surface area (Å²) in [7, 11) is 0. The molecule has 0 saturated carbocycles. The summed E-state index contributed by atoms with van der Waals surface area (Å²) < 4.78 is 5.04. The van der Waals surface area contributed by atoms with Crippen molar-refractivity contribution in [3.63, 3.8) is 0 Å². The van der Waals surface area contributed by atoms with Crippen LogP contribution in [0.25, 0.3) is 0 Å². The number of anilines is 1. The maximum atomic E-state index is 11.5. The number of carbonyl (C=O) groups is 2. The number of aliphatic hydroxyl groups is 2. The molecule has 6 N–H and O–H groups in total. The topological polar surface area (TPSA) is 142 Å². The van der Waals surface area contributed by atoms with Gasteiger partial charge in [0.25, 0.3) is 0 Å². The highest BCUT2D eigenvalue weighted by Crippen LogP contribution is 2.24. The van der Waals surface area contributed by atoms with Gasteiger partial charge in [0.2, 0.25) is 0 Å². The first-order valence-electron chi connectivity index (χ1n) is 7.47. The Hall–Kier alpha value is -2.32. The molecule has 1 amide bonds. The van der Waals surface area contributed by atoms with Gasteiger partial charge in [0, 0.05) is 12.2 Å². The number of ether oxygens (including phenoxy) is 1. The van der Waals surface area contributed by atoms with E-state index in [4.69, 9.17) is 15.6 Å². The number of aromatic carboxylic acids is 1. The van der Waals surface area contributed by atoms with Gasteiger partial charge in [0.1, 0.15) is 11.7 Å². The smallest absolute Gasteiger partial charge is 0.407 e. The maximum Gasteiger partial charge on any atom is 0.407 e. The molecular formula is C16H24N2O6. The summed E-state index contributed by atoms with van der Waals surface area (Å²) in [4.78, 5) is 22.7. The van der Waals surface area contributed by atoms with E-state index in [-0.39, 0.29) is 29.8 Å². The molecule has 0 heterocycles. The molecule has 0 aliphatic rings. The molecule has 134 valence electrons. The third-order valence-electron chi connectivity index (χ3n) is 3.10. The molecule has 8 heteroatoms. The first-order valence-corrected chi connectivity index (χ1v) is 7.47. The van der Waals surface area contributed by atoms with Crippen molar-refractivity contribution in [1.29, 1.82) is 0 Å². The standard InChI is InChI=1S/C16H24N2O6/c1-16(2,3)24-15(23)18-7-6-12(19)13(20)10-5-4-9(17)8-11(10)14(21)22/h4-5,8,12-13,19-20H,6-7,17H2,1-3H3,(H,18,23)(H,21,22). The summed E-state index contributed by atoms with van der Waals surface area (Å²) >= 11 is 0. The highest BCUT2D eigenvalue weighted by Gasteiger charge is 2.24. The van der Waals surface area contributed by atoms with Crippen LogP contribution in [-0.4, -0.2) is 45.6 Å². The summed E-state index contributed by atoms with van der Waals surface area (Å²) in [6, 6.07) is 4.01. The Kier molecular flexibility index (Phi) is 6.56. The minimum Gasteiger partial charge on any atom is -0.478 e. The number of nitrogen functional groups attached to an aromatic ring is 1. The quantitative estimate of drug-likeness (QED) is 0.491. The zero-order chi connectivity index (χ0) is 18.5. The van der Waals surface area contributed by atoms with Gasteiger partial charge in [-0.15, -0.1) is 0 Å². The second-order valence-corrected chi connectivity index (χ2v) is 6.38. The first-order chi connectivity index (χ1) is 11.0. The van der Waals surface area contributed by atoms with E-state index in [1.165, 1.54) is 18.2 Å². The summed E-state index contributed by atoms with van der Waals surface area (Å²) in [6.07, 6.45) is -3.30. The molecule has 0 aliphatic heterocycles. The van der Waals surface area contributed by atoms with E-state index in [0.717, 1.165) is 0 Å². The lowest BCUT2D eigenvalue weighted by Crippen LogP contribution is -2.34. The predicted octanol–water partition coefficient (Wildman–Crippen LogP) is 1.28. The predicted molar refractivity (Wildman–Crippen MR) is 87.6 cm³/mol. The number of amides is 1. The van der Waals surface area contributed by atoms with Crippen LogP contribution in [0.2, 0.25) is 0 Å². The molecule has 0 bridgehead atoms. The third kappa shape index (κ3) is 6.05. The van der Waals surface area contributed by atoms with E-state index in [1.54, 1.807) is 20.8 Å². The van der Waals surface area contributed by atoms with Crippen LogP contribution in [-0.2, 0) is 4.74 Å². The average molecular weight is 340 g/mol. The molecule has 1 rings (SSSR count). The number of carbonyl (C=O) groups excluding carboxylic acids is 1. The SMILES string of the molecule is CC(C)(C)OC(=O)NCCC(O)C(O)c1ccc(N)cc1C(=O)O. The highest BCUT2D eigenvalue weighted by molar-refractivity contribution is 5.90. The fourth-order valence-electron chi connectivity index (χ4n) is 2.02. The molecule has 0 spiro atoms. The molecule has 0 fully saturated rings. The fourth-order valence-corrected chi connectivity index (χ4v) is 2.02. The molecule has 0 aromatic heterocycles. The van der Waals surface area contributed by atoms with Crippen molar-refractivity contribution in [3.05, 3.63) is 29.3 Å². The van der Waals surface area contributed by atoms with Gasteiger partial charge in [-0.25, -0.2) is 9.59 Å². The molecule has 0 radical (unpaired) electrons. The summed E-state index contributed by atoms with van der Waals surface area (Å²) in [5, 5.41) is 31.8. The van der Waals surface area contributed by atoms with Crippen LogP contribution in [0, 0.1) is 0 Å². The normalized spacial score (nSPS) is 13.9. The average Bonchev–Trinajstić information content (AvgIpc) is 2.44. The van der Waals surface area contributed by atoms with Crippen molar-refractivity contribution in [2.45, 2.75) is 45.0 Å². The van der Waals surface area contributed by atoms with Crippen molar-refractivity contribution >= 4 is 17.7 Å². The Bertz CT molecular complexity index is 597. The third-order valence-corrected chi connectivity index (χ3v) is 3.10. The van der Waals surface area contributed by atoms with Crippen LogP contribution in [0.15, 0.2) is 18.2 Å². The number of benzene rings is 1. The minimum absolute atomic E-state index is 0.0177. The second kappa shape index (κ2) is 7.98. The fraction of sp³-hybridized carbons (Fsp3) is 0.500. The number of aliphatic hydroxyl groups excluding tert-OH is 2. The van der Waals surface area contributed by atoms with Crippen molar-refractivity contribution in [3.8, 4) is 0 Å². The van der Waals surface area contributed by atoms with Crippen molar-refractivity contribution in [2.24, 2.45) is 0 Å². The highest BCUT2D eigenvalue weighted by atomic mass is 16.6. The molecule has 24 heavy (non-hydrogen) atoms. The Labute approximate surface area is 140 Å². The summed E-state index contributed by atoms with van der Waals surface area (Å²) in [5.41, 5.74) is 5.02. The van der Waals surface area contributed by atoms with Crippen LogP contribution < -0.4 is 11.1 Å². The van der Waals surface area contributed by atoms with Crippen LogP contribution in [0.1, 0.15) is 49.2 Å². The zero-order valence-electron chi connectivity index (χ0n) is 13.9. The molecular weight excluding hydrogens is 316 g/mol. The molecule has 0 aliphatic carbocycles. The number of nitrogens with one attached hydrogen (secondary N) is 1. The maximum absolute atomic E-state index is 11.5. The van der Waals surface area contributed by atoms with Crippen molar-refractivity contribution in [1.82, 2.24) is 5.32 Å². The van der Waals surface area contributed by atoms with E-state index in [0.29, 0.717) is 0 Å². The van der Waals surface area contributed by atoms with E-state index in [9.17, 15) is 19.8 Å². The van der Waals surface area contributed by atoms with Crippen LogP contribution >= 0.6 is 0 Å². The van der Waals surface area contributed by atoms with Crippen LogP contribution in [0.3, 0.4) is 0 Å². The monoisotopic (exact) mass is 340 g/mol. The number of carboxylic acids is 1. The van der Waals surface area contributed by atoms with Crippen LogP contribution in [0.4, 0.5) is 10.5 Å². The van der Waals surface area contributed by atoms with Gasteiger partial charge in [-0.1, -0.05) is 6.07 Å². The van der Waals surface area contributed by atoms with E-state index < -0.39 is 29.9 Å². The van der Waals surface area contributed by atoms with Gasteiger partial charge in [0.15, 0.2) is 0 Å². The number of rotatable bonds is 6. The van der Waals surface area contributed by atoms with Crippen LogP contribution in [0.5, 0.6) is 0 Å². The van der Waals surface area contributed by atoms with E-state index in [2.05, 4.69) is 5.32 Å². The summed E-state index contributed by atoms with van der Waals surface area (Å²) in [6.45, 7) is 5.23. The number of alkyl carbamates (subject to hydrolysis) is 1. The first kappa shape index (κ1) is 19.7. The van der Waals surface area contributed by atoms with Crippen molar-refractivity contribution in [2.75, 3.05) is 12.3 Å². The van der Waals surface area contributed by atoms with E-state index >= 15 is 0 Å². The Balaban J connectivity index is 2.64. The van der Waals surface area contributed by atoms with E-state index in [1.807, 2.05) is 0 Å². The molecule has 8 nitrogen and oxygen atoms in total. The number of nitrogens with two attached hydrogens (primary N) is 1. The van der Waals surface area contributed by atoms with Gasteiger partial charge in [0.05, 0.1) is 11.7 Å². The van der Waals surface area contributed by atoms with Gasteiger partial charge >= 0.3 is 12.1 Å². The van der Waals surface area contributed by atoms with Gasteiger partial charge in [-0.05, 0) is 44.9 Å². The number of hydrogen-bond donors (Lipinski definition) is 5. The Morgan fingerprint density at radius 2 is 1.92 bits per heavy atom. The van der Waals surface area contributed by atoms with Gasteiger partial charge in [-0.3, -0.25) is 0 Å². The largest absolute Gasteiger partial charge is 0.478 e.